The van der Waals surface area contributed by atoms with Crippen LogP contribution >= 0.6 is 22.7 Å². The van der Waals surface area contributed by atoms with E-state index in [1.54, 1.807) is 0 Å². The third kappa shape index (κ3) is 2.70. The largest absolute Gasteiger partial charge is 0.369 e. The summed E-state index contributed by atoms with van der Waals surface area (Å²) in [5, 5.41) is 7.74. The van der Waals surface area contributed by atoms with Crippen molar-refractivity contribution in [1.29, 1.82) is 0 Å². The Morgan fingerprint density at radius 1 is 0.864 bits per heavy atom. The van der Waals surface area contributed by atoms with Gasteiger partial charge >= 0.3 is 0 Å². The molecule has 2 aromatic heterocycles. The molecule has 1 fully saturated rings. The van der Waals surface area contributed by atoms with E-state index in [4.69, 9.17) is 0 Å². The minimum absolute atomic E-state index is 1.08. The summed E-state index contributed by atoms with van der Waals surface area (Å²) in [5.74, 6) is 0. The highest BCUT2D eigenvalue weighted by molar-refractivity contribution is 7.20. The van der Waals surface area contributed by atoms with Crippen molar-refractivity contribution < 1.29 is 0 Å². The third-order valence-electron chi connectivity index (χ3n) is 4.07. The summed E-state index contributed by atoms with van der Waals surface area (Å²) in [6.45, 7) is 4.35. The van der Waals surface area contributed by atoms with Crippen molar-refractivity contribution in [3.63, 3.8) is 0 Å². The zero-order valence-electron chi connectivity index (χ0n) is 12.3. The number of hydrogen-bond acceptors (Lipinski definition) is 4. The SMILES string of the molecule is c1csc(-c2sccc2-c2ccc(N3CCNCC3)cc2)c1. The number of hydrogen-bond donors (Lipinski definition) is 1. The van der Waals surface area contributed by atoms with Crippen LogP contribution in [0.4, 0.5) is 5.69 Å². The second kappa shape index (κ2) is 6.24. The fourth-order valence-corrected chi connectivity index (χ4v) is 4.71. The Balaban J connectivity index is 1.63. The first-order valence-electron chi connectivity index (χ1n) is 7.59. The van der Waals surface area contributed by atoms with Crippen LogP contribution in [-0.2, 0) is 0 Å². The van der Waals surface area contributed by atoms with Gasteiger partial charge in [-0.05, 0) is 40.6 Å². The molecule has 0 bridgehead atoms. The van der Waals surface area contributed by atoms with E-state index in [0.29, 0.717) is 0 Å². The summed E-state index contributed by atoms with van der Waals surface area (Å²) >= 11 is 3.64. The minimum Gasteiger partial charge on any atom is -0.369 e. The smallest absolute Gasteiger partial charge is 0.0520 e. The molecule has 1 saturated heterocycles. The molecule has 0 aliphatic carbocycles. The van der Waals surface area contributed by atoms with E-state index in [1.807, 2.05) is 22.7 Å². The number of piperazine rings is 1. The molecule has 0 radical (unpaired) electrons. The summed E-state index contributed by atoms with van der Waals surface area (Å²) in [5.41, 5.74) is 3.99. The van der Waals surface area contributed by atoms with Crippen LogP contribution < -0.4 is 10.2 Å². The molecule has 0 unspecified atom stereocenters. The molecule has 1 aliphatic rings. The Kier molecular flexibility index (Phi) is 3.97. The van der Waals surface area contributed by atoms with Crippen LogP contribution in [0.5, 0.6) is 0 Å². The van der Waals surface area contributed by atoms with Gasteiger partial charge in [0.15, 0.2) is 0 Å². The van der Waals surface area contributed by atoms with E-state index in [1.165, 1.54) is 26.6 Å². The van der Waals surface area contributed by atoms with Gasteiger partial charge in [-0.25, -0.2) is 0 Å². The van der Waals surface area contributed by atoms with Crippen LogP contribution in [0, 0.1) is 0 Å². The Hall–Kier alpha value is -1.62. The molecule has 2 nitrogen and oxygen atoms in total. The predicted molar refractivity (Wildman–Crippen MR) is 98.2 cm³/mol. The van der Waals surface area contributed by atoms with Crippen LogP contribution in [0.15, 0.2) is 53.2 Å². The molecule has 3 aromatic rings. The molecule has 0 spiro atoms. The molecule has 0 amide bonds. The highest BCUT2D eigenvalue weighted by atomic mass is 32.1. The van der Waals surface area contributed by atoms with Crippen LogP contribution in [-0.4, -0.2) is 26.2 Å². The number of thiophene rings is 2. The lowest BCUT2D eigenvalue weighted by molar-refractivity contribution is 0.589. The van der Waals surface area contributed by atoms with Crippen LogP contribution in [0.3, 0.4) is 0 Å². The summed E-state index contributed by atoms with van der Waals surface area (Å²) in [4.78, 5) is 5.19. The second-order valence-corrected chi connectivity index (χ2v) is 7.29. The third-order valence-corrected chi connectivity index (χ3v) is 6.03. The number of anilines is 1. The van der Waals surface area contributed by atoms with Crippen molar-refractivity contribution in [2.45, 2.75) is 0 Å². The van der Waals surface area contributed by atoms with Crippen molar-refractivity contribution in [2.24, 2.45) is 0 Å². The van der Waals surface area contributed by atoms with Gasteiger partial charge in [0, 0.05) is 42.3 Å². The average molecular weight is 326 g/mol. The van der Waals surface area contributed by atoms with Gasteiger partial charge in [-0.15, -0.1) is 22.7 Å². The average Bonchev–Trinajstić information content (AvgIpc) is 3.27. The zero-order chi connectivity index (χ0) is 14.8. The minimum atomic E-state index is 1.08. The monoisotopic (exact) mass is 326 g/mol. The molecule has 0 saturated carbocycles. The van der Waals surface area contributed by atoms with Crippen molar-refractivity contribution in [3.05, 3.63) is 53.2 Å². The predicted octanol–water partition coefficient (Wildman–Crippen LogP) is 4.55. The normalized spacial score (nSPS) is 15.2. The zero-order valence-corrected chi connectivity index (χ0v) is 13.9. The van der Waals surface area contributed by atoms with Gasteiger partial charge in [-0.3, -0.25) is 0 Å². The van der Waals surface area contributed by atoms with Crippen LogP contribution in [0.25, 0.3) is 20.9 Å². The van der Waals surface area contributed by atoms with Crippen LogP contribution in [0.1, 0.15) is 0 Å². The molecule has 3 heterocycles. The molecular formula is C18H18N2S2. The maximum absolute atomic E-state index is 3.40. The molecule has 1 aliphatic heterocycles. The van der Waals surface area contributed by atoms with Gasteiger partial charge in [-0.1, -0.05) is 18.2 Å². The van der Waals surface area contributed by atoms with Gasteiger partial charge in [0.25, 0.3) is 0 Å². The van der Waals surface area contributed by atoms with Crippen molar-refractivity contribution >= 4 is 28.4 Å². The number of nitrogens with zero attached hydrogens (tertiary/aromatic N) is 1. The maximum atomic E-state index is 3.40. The van der Waals surface area contributed by atoms with Gasteiger partial charge in [-0.2, -0.15) is 0 Å². The molecule has 112 valence electrons. The Morgan fingerprint density at radius 2 is 1.68 bits per heavy atom. The molecule has 4 heteroatoms. The van der Waals surface area contributed by atoms with E-state index in [9.17, 15) is 0 Å². The molecule has 22 heavy (non-hydrogen) atoms. The van der Waals surface area contributed by atoms with E-state index in [0.717, 1.165) is 26.2 Å². The summed E-state index contributed by atoms with van der Waals surface area (Å²) < 4.78 is 0. The van der Waals surface area contributed by atoms with E-state index in [2.05, 4.69) is 63.4 Å². The lowest BCUT2D eigenvalue weighted by Crippen LogP contribution is -2.43. The highest BCUT2D eigenvalue weighted by Gasteiger charge is 2.12. The molecule has 1 aromatic carbocycles. The standard InChI is InChI=1S/C18H18N2S2/c1-2-17(21-12-1)18-16(7-13-22-18)14-3-5-15(6-4-14)20-10-8-19-9-11-20/h1-7,12-13,19H,8-11H2. The van der Waals surface area contributed by atoms with Gasteiger partial charge in [0.2, 0.25) is 0 Å². The number of nitrogens with one attached hydrogen (secondary N) is 1. The summed E-state index contributed by atoms with van der Waals surface area (Å²) in [6.07, 6.45) is 0. The Morgan fingerprint density at radius 3 is 2.41 bits per heavy atom. The topological polar surface area (TPSA) is 15.3 Å². The van der Waals surface area contributed by atoms with E-state index < -0.39 is 0 Å². The molecule has 0 atom stereocenters. The molecule has 4 rings (SSSR count). The first kappa shape index (κ1) is 14.0. The Bertz CT molecular complexity index is 723. The van der Waals surface area contributed by atoms with E-state index in [-0.39, 0.29) is 0 Å². The second-order valence-electron chi connectivity index (χ2n) is 5.42. The van der Waals surface area contributed by atoms with Gasteiger partial charge in [0.1, 0.15) is 0 Å². The van der Waals surface area contributed by atoms with Crippen molar-refractivity contribution in [3.8, 4) is 20.9 Å². The lowest BCUT2D eigenvalue weighted by atomic mass is 10.1. The summed E-state index contributed by atoms with van der Waals surface area (Å²) in [7, 11) is 0. The fraction of sp³-hybridized carbons (Fsp3) is 0.222. The fourth-order valence-electron chi connectivity index (χ4n) is 2.91. The van der Waals surface area contributed by atoms with Crippen LogP contribution in [0.2, 0.25) is 0 Å². The Labute approximate surface area is 139 Å². The van der Waals surface area contributed by atoms with Gasteiger partial charge < -0.3 is 10.2 Å². The molecular weight excluding hydrogens is 308 g/mol. The van der Waals surface area contributed by atoms with Crippen molar-refractivity contribution in [1.82, 2.24) is 5.32 Å². The highest BCUT2D eigenvalue weighted by Crippen LogP contribution is 2.39. The maximum Gasteiger partial charge on any atom is 0.0520 e. The van der Waals surface area contributed by atoms with E-state index >= 15 is 0 Å². The quantitative estimate of drug-likeness (QED) is 0.759. The lowest BCUT2D eigenvalue weighted by Gasteiger charge is -2.29. The summed E-state index contributed by atoms with van der Waals surface area (Å²) in [6, 6.07) is 15.6. The number of rotatable bonds is 3. The van der Waals surface area contributed by atoms with Crippen molar-refractivity contribution in [2.75, 3.05) is 31.1 Å². The molecule has 1 N–H and O–H groups in total. The first-order chi connectivity index (χ1) is 10.9. The van der Waals surface area contributed by atoms with Gasteiger partial charge in [0.05, 0.1) is 4.88 Å². The first-order valence-corrected chi connectivity index (χ1v) is 9.35. The number of benzene rings is 1.